The quantitative estimate of drug-likeness (QED) is 0.767. The minimum absolute atomic E-state index is 0.536. The summed E-state index contributed by atoms with van der Waals surface area (Å²) >= 11 is 0. The van der Waals surface area contributed by atoms with E-state index in [1.165, 1.54) is 0 Å². The maximum atomic E-state index is 11.7. The van der Waals surface area contributed by atoms with Crippen molar-refractivity contribution in [1.82, 2.24) is 9.03 Å². The van der Waals surface area contributed by atoms with Crippen molar-refractivity contribution in [2.45, 2.75) is 33.1 Å². The Morgan fingerprint density at radius 1 is 1.36 bits per heavy atom. The van der Waals surface area contributed by atoms with Gasteiger partial charge in [-0.1, -0.05) is 13.8 Å². The second kappa shape index (κ2) is 5.09. The monoisotopic (exact) mass is 220 g/mol. The summed E-state index contributed by atoms with van der Waals surface area (Å²) in [5.74, 6) is 0.660. The summed E-state index contributed by atoms with van der Waals surface area (Å²) in [5, 5.41) is 0. The first-order valence-corrected chi connectivity index (χ1v) is 6.75. The van der Waals surface area contributed by atoms with Gasteiger partial charge in [0.05, 0.1) is 0 Å². The van der Waals surface area contributed by atoms with Crippen LogP contribution in [0.1, 0.15) is 33.1 Å². The lowest BCUT2D eigenvalue weighted by atomic mass is 10.0. The molecule has 0 radical (unpaired) electrons. The largest absolute Gasteiger partial charge is 0.279 e. The Bertz CT molecular complexity index is 256. The molecule has 5 heteroatoms. The van der Waals surface area contributed by atoms with E-state index in [0.717, 1.165) is 19.3 Å². The van der Waals surface area contributed by atoms with E-state index >= 15 is 0 Å². The highest BCUT2D eigenvalue weighted by Gasteiger charge is 2.25. The summed E-state index contributed by atoms with van der Waals surface area (Å²) in [6, 6.07) is 0. The predicted molar refractivity (Wildman–Crippen MR) is 57.2 cm³/mol. The Hall–Kier alpha value is -0.130. The fraction of sp³-hybridized carbons (Fsp3) is 1.00. The fourth-order valence-electron chi connectivity index (χ4n) is 1.55. The first-order valence-electron chi connectivity index (χ1n) is 5.31. The SMILES string of the molecule is CCCNS(=O)(=O)N1CCC(C)CC1. The molecule has 1 aliphatic heterocycles. The summed E-state index contributed by atoms with van der Waals surface area (Å²) in [6.45, 7) is 6.00. The second-order valence-electron chi connectivity index (χ2n) is 3.98. The number of hydrogen-bond acceptors (Lipinski definition) is 2. The molecular formula is C9H20N2O2S. The lowest BCUT2D eigenvalue weighted by molar-refractivity contribution is 0.285. The van der Waals surface area contributed by atoms with Gasteiger partial charge in [0, 0.05) is 19.6 Å². The van der Waals surface area contributed by atoms with Crippen LogP contribution < -0.4 is 4.72 Å². The minimum atomic E-state index is -3.19. The Morgan fingerprint density at radius 3 is 2.43 bits per heavy atom. The van der Waals surface area contributed by atoms with Gasteiger partial charge in [0.25, 0.3) is 10.2 Å². The maximum absolute atomic E-state index is 11.7. The Kier molecular flexibility index (Phi) is 4.34. The molecule has 0 aromatic carbocycles. The lowest BCUT2D eigenvalue weighted by Crippen LogP contribution is -2.44. The van der Waals surface area contributed by atoms with E-state index in [-0.39, 0.29) is 0 Å². The van der Waals surface area contributed by atoms with Crippen molar-refractivity contribution in [2.24, 2.45) is 5.92 Å². The lowest BCUT2D eigenvalue weighted by Gasteiger charge is -2.29. The molecule has 1 rings (SSSR count). The molecule has 4 nitrogen and oxygen atoms in total. The van der Waals surface area contributed by atoms with Crippen LogP contribution in [0.4, 0.5) is 0 Å². The molecule has 0 unspecified atom stereocenters. The Morgan fingerprint density at radius 2 is 1.93 bits per heavy atom. The molecule has 1 N–H and O–H groups in total. The van der Waals surface area contributed by atoms with Crippen LogP contribution >= 0.6 is 0 Å². The van der Waals surface area contributed by atoms with Gasteiger partial charge in [-0.05, 0) is 25.2 Å². The first kappa shape index (κ1) is 11.9. The van der Waals surface area contributed by atoms with Crippen LogP contribution in [0.2, 0.25) is 0 Å². The van der Waals surface area contributed by atoms with Gasteiger partial charge in [0.2, 0.25) is 0 Å². The van der Waals surface area contributed by atoms with E-state index in [9.17, 15) is 8.42 Å². The molecule has 0 aromatic heterocycles. The highest BCUT2D eigenvalue weighted by Crippen LogP contribution is 2.17. The Labute approximate surface area is 86.9 Å². The standard InChI is InChI=1S/C9H20N2O2S/c1-3-6-10-14(12,13)11-7-4-9(2)5-8-11/h9-10H,3-8H2,1-2H3. The summed E-state index contributed by atoms with van der Waals surface area (Å²) < 4.78 is 27.5. The predicted octanol–water partition coefficient (Wildman–Crippen LogP) is 0.963. The molecule has 0 atom stereocenters. The minimum Gasteiger partial charge on any atom is -0.202 e. The van der Waals surface area contributed by atoms with E-state index in [1.54, 1.807) is 4.31 Å². The van der Waals surface area contributed by atoms with Crippen molar-refractivity contribution in [2.75, 3.05) is 19.6 Å². The molecule has 0 spiro atoms. The number of nitrogens with one attached hydrogen (secondary N) is 1. The fourth-order valence-corrected chi connectivity index (χ4v) is 2.88. The molecule has 0 aliphatic carbocycles. The summed E-state index contributed by atoms with van der Waals surface area (Å²) in [4.78, 5) is 0. The first-order chi connectivity index (χ1) is 6.56. The van der Waals surface area contributed by atoms with Gasteiger partial charge < -0.3 is 0 Å². The summed E-state index contributed by atoms with van der Waals surface area (Å²) in [7, 11) is -3.19. The smallest absolute Gasteiger partial charge is 0.202 e. The van der Waals surface area contributed by atoms with Gasteiger partial charge in [-0.3, -0.25) is 0 Å². The molecular weight excluding hydrogens is 200 g/mol. The van der Waals surface area contributed by atoms with Crippen LogP contribution in [0.25, 0.3) is 0 Å². The molecule has 1 saturated heterocycles. The van der Waals surface area contributed by atoms with Gasteiger partial charge in [-0.25, -0.2) is 4.72 Å². The number of rotatable bonds is 4. The third-order valence-corrected chi connectivity index (χ3v) is 4.23. The van der Waals surface area contributed by atoms with E-state index < -0.39 is 10.2 Å². The van der Waals surface area contributed by atoms with E-state index in [0.29, 0.717) is 25.6 Å². The zero-order valence-electron chi connectivity index (χ0n) is 8.99. The maximum Gasteiger partial charge on any atom is 0.279 e. The van der Waals surface area contributed by atoms with Gasteiger partial charge in [0.1, 0.15) is 0 Å². The molecule has 0 bridgehead atoms. The molecule has 0 saturated carbocycles. The molecule has 14 heavy (non-hydrogen) atoms. The van der Waals surface area contributed by atoms with Crippen molar-refractivity contribution in [1.29, 1.82) is 0 Å². The molecule has 84 valence electrons. The third kappa shape index (κ3) is 3.22. The highest BCUT2D eigenvalue weighted by atomic mass is 32.2. The summed E-state index contributed by atoms with van der Waals surface area (Å²) in [6.07, 6.45) is 2.80. The number of piperidine rings is 1. The van der Waals surface area contributed by atoms with E-state index in [4.69, 9.17) is 0 Å². The molecule has 1 heterocycles. The van der Waals surface area contributed by atoms with Crippen LogP contribution in [-0.2, 0) is 10.2 Å². The molecule has 1 aliphatic rings. The van der Waals surface area contributed by atoms with E-state index in [1.807, 2.05) is 6.92 Å². The van der Waals surface area contributed by atoms with Gasteiger partial charge in [0.15, 0.2) is 0 Å². The molecule has 0 aromatic rings. The van der Waals surface area contributed by atoms with Gasteiger partial charge in [-0.2, -0.15) is 12.7 Å². The van der Waals surface area contributed by atoms with Gasteiger partial charge >= 0.3 is 0 Å². The van der Waals surface area contributed by atoms with Crippen LogP contribution in [0.5, 0.6) is 0 Å². The van der Waals surface area contributed by atoms with Crippen molar-refractivity contribution in [3.63, 3.8) is 0 Å². The summed E-state index contributed by atoms with van der Waals surface area (Å²) in [5.41, 5.74) is 0. The number of nitrogens with zero attached hydrogens (tertiary/aromatic N) is 1. The van der Waals surface area contributed by atoms with Gasteiger partial charge in [-0.15, -0.1) is 0 Å². The zero-order valence-corrected chi connectivity index (χ0v) is 9.81. The topological polar surface area (TPSA) is 49.4 Å². The van der Waals surface area contributed by atoms with Crippen LogP contribution in [0.15, 0.2) is 0 Å². The average molecular weight is 220 g/mol. The molecule has 0 amide bonds. The van der Waals surface area contributed by atoms with Crippen LogP contribution in [0, 0.1) is 5.92 Å². The van der Waals surface area contributed by atoms with Crippen molar-refractivity contribution in [3.05, 3.63) is 0 Å². The van der Waals surface area contributed by atoms with Crippen LogP contribution in [-0.4, -0.2) is 32.4 Å². The van der Waals surface area contributed by atoms with Crippen molar-refractivity contribution < 1.29 is 8.42 Å². The van der Waals surface area contributed by atoms with Crippen molar-refractivity contribution in [3.8, 4) is 0 Å². The molecule has 1 fully saturated rings. The van der Waals surface area contributed by atoms with Crippen molar-refractivity contribution >= 4 is 10.2 Å². The normalized spacial score (nSPS) is 21.3. The van der Waals surface area contributed by atoms with E-state index in [2.05, 4.69) is 11.6 Å². The average Bonchev–Trinajstić information content (AvgIpc) is 2.16. The third-order valence-electron chi connectivity index (χ3n) is 2.62. The highest BCUT2D eigenvalue weighted by molar-refractivity contribution is 7.87. The Balaban J connectivity index is 2.47. The zero-order chi connectivity index (χ0) is 10.6. The van der Waals surface area contributed by atoms with Crippen LogP contribution in [0.3, 0.4) is 0 Å². The second-order valence-corrected chi connectivity index (χ2v) is 5.74. The number of hydrogen-bond donors (Lipinski definition) is 1.